The van der Waals surface area contributed by atoms with Gasteiger partial charge >= 0.3 is 5.97 Å². The lowest BCUT2D eigenvalue weighted by molar-refractivity contribution is -0.122. The Morgan fingerprint density at radius 2 is 2.08 bits per heavy atom. The molecule has 2 aromatic rings. The van der Waals surface area contributed by atoms with Crippen LogP contribution in [0.4, 0.5) is 0 Å². The van der Waals surface area contributed by atoms with Gasteiger partial charge in [0.2, 0.25) is 5.91 Å². The first-order valence-electron chi connectivity index (χ1n) is 7.31. The number of thiazole rings is 1. The summed E-state index contributed by atoms with van der Waals surface area (Å²) in [6, 6.07) is 5.40. The molecule has 1 aromatic carbocycles. The number of aryl methyl sites for hydroxylation is 1. The van der Waals surface area contributed by atoms with Crippen molar-refractivity contribution in [3.05, 3.63) is 51.0 Å². The van der Waals surface area contributed by atoms with Crippen LogP contribution in [0.1, 0.15) is 42.3 Å². The van der Waals surface area contributed by atoms with Crippen LogP contribution in [-0.4, -0.2) is 29.9 Å². The first-order chi connectivity index (χ1) is 11.8. The molecule has 0 radical (unpaired) electrons. The fourth-order valence-corrected chi connectivity index (χ4v) is 3.01. The zero-order valence-corrected chi connectivity index (χ0v) is 14.6. The second-order valence-corrected chi connectivity index (χ2v) is 6.28. The number of nitrogens with one attached hydrogen (secondary N) is 1. The van der Waals surface area contributed by atoms with Crippen LogP contribution < -0.4 is 16.8 Å². The Hall–Kier alpha value is -2.78. The van der Waals surface area contributed by atoms with Crippen LogP contribution in [0.3, 0.4) is 0 Å². The summed E-state index contributed by atoms with van der Waals surface area (Å²) in [6.07, 6.45) is 0. The second kappa shape index (κ2) is 7.86. The minimum Gasteiger partial charge on any atom is -0.465 e. The number of ether oxygens (including phenoxy) is 1. The largest absolute Gasteiger partial charge is 0.465 e. The van der Waals surface area contributed by atoms with E-state index in [4.69, 9.17) is 11.5 Å². The summed E-state index contributed by atoms with van der Waals surface area (Å²) in [5.74, 6) is -1.49. The number of hydrogen-bond donors (Lipinski definition) is 3. The number of aromatic nitrogens is 1. The van der Waals surface area contributed by atoms with Crippen molar-refractivity contribution in [3.8, 4) is 0 Å². The molecule has 0 aliphatic carbocycles. The maximum atomic E-state index is 12.2. The van der Waals surface area contributed by atoms with Crippen molar-refractivity contribution in [2.24, 2.45) is 11.5 Å². The van der Waals surface area contributed by atoms with Gasteiger partial charge in [0.05, 0.1) is 24.9 Å². The van der Waals surface area contributed by atoms with E-state index in [9.17, 15) is 14.4 Å². The number of hydrogen-bond acceptors (Lipinski definition) is 7. The molecular weight excluding hydrogens is 344 g/mol. The first-order valence-corrected chi connectivity index (χ1v) is 8.12. The molecule has 9 heteroatoms. The van der Waals surface area contributed by atoms with Gasteiger partial charge in [-0.05, 0) is 24.6 Å². The third-order valence-corrected chi connectivity index (χ3v) is 4.60. The molecule has 0 aliphatic rings. The Balaban J connectivity index is 2.04. The molecule has 0 bridgehead atoms. The summed E-state index contributed by atoms with van der Waals surface area (Å²) in [6.45, 7) is 1.80. The van der Waals surface area contributed by atoms with Crippen LogP contribution in [0, 0.1) is 6.92 Å². The van der Waals surface area contributed by atoms with E-state index in [-0.39, 0.29) is 6.54 Å². The molecule has 25 heavy (non-hydrogen) atoms. The lowest BCUT2D eigenvalue weighted by atomic mass is 10.0. The Morgan fingerprint density at radius 3 is 2.68 bits per heavy atom. The predicted molar refractivity (Wildman–Crippen MR) is 91.9 cm³/mol. The molecule has 1 heterocycles. The third kappa shape index (κ3) is 4.40. The minimum atomic E-state index is -0.957. The van der Waals surface area contributed by atoms with Crippen molar-refractivity contribution >= 4 is 29.1 Å². The second-order valence-electron chi connectivity index (χ2n) is 5.20. The number of methoxy groups -OCH3 is 1. The molecule has 1 atom stereocenters. The van der Waals surface area contributed by atoms with Crippen molar-refractivity contribution in [1.29, 1.82) is 0 Å². The minimum absolute atomic E-state index is 0.127. The van der Waals surface area contributed by atoms with Crippen molar-refractivity contribution in [2.75, 3.05) is 7.11 Å². The van der Waals surface area contributed by atoms with Gasteiger partial charge < -0.3 is 21.5 Å². The van der Waals surface area contributed by atoms with Gasteiger partial charge in [-0.1, -0.05) is 12.1 Å². The van der Waals surface area contributed by atoms with Gasteiger partial charge in [-0.3, -0.25) is 9.59 Å². The number of nitrogens with two attached hydrogens (primary N) is 2. The Kier molecular flexibility index (Phi) is 5.84. The van der Waals surface area contributed by atoms with Crippen LogP contribution in [0.15, 0.2) is 24.3 Å². The van der Waals surface area contributed by atoms with Gasteiger partial charge in [0, 0.05) is 0 Å². The van der Waals surface area contributed by atoms with Crippen molar-refractivity contribution in [3.63, 3.8) is 0 Å². The molecule has 2 amide bonds. The Morgan fingerprint density at radius 1 is 1.36 bits per heavy atom. The van der Waals surface area contributed by atoms with Crippen LogP contribution in [-0.2, 0) is 16.1 Å². The summed E-state index contributed by atoms with van der Waals surface area (Å²) in [7, 11) is 1.28. The molecular formula is C16H18N4O4S. The third-order valence-electron chi connectivity index (χ3n) is 3.43. The number of carbonyl (C=O) groups is 3. The highest BCUT2D eigenvalue weighted by Gasteiger charge is 2.19. The lowest BCUT2D eigenvalue weighted by Gasteiger charge is -2.12. The zero-order chi connectivity index (χ0) is 18.6. The van der Waals surface area contributed by atoms with E-state index >= 15 is 0 Å². The molecule has 0 spiro atoms. The standard InChI is InChI=1S/C16H18N4O4S/c1-8-13(14(18)21)25-11(20-8)7-19-15(22)12(17)9-4-3-5-10(6-9)16(23)24-2/h3-6,12H,7,17H2,1-2H3,(H2,18,21)(H,19,22). The molecule has 1 aromatic heterocycles. The number of esters is 1. The van der Waals surface area contributed by atoms with Gasteiger partial charge in [-0.15, -0.1) is 11.3 Å². The predicted octanol–water partition coefficient (Wildman–Crippen LogP) is 0.653. The van der Waals surface area contributed by atoms with Crippen LogP contribution >= 0.6 is 11.3 Å². The highest BCUT2D eigenvalue weighted by Crippen LogP contribution is 2.18. The van der Waals surface area contributed by atoms with Gasteiger partial charge in [-0.25, -0.2) is 9.78 Å². The summed E-state index contributed by atoms with van der Waals surface area (Å²) in [4.78, 5) is 39.5. The Bertz CT molecular complexity index is 818. The molecule has 0 aliphatic heterocycles. The van der Waals surface area contributed by atoms with E-state index in [1.165, 1.54) is 13.2 Å². The molecule has 0 saturated carbocycles. The first kappa shape index (κ1) is 18.6. The average molecular weight is 362 g/mol. The van der Waals surface area contributed by atoms with Crippen LogP contribution in [0.2, 0.25) is 0 Å². The van der Waals surface area contributed by atoms with E-state index in [1.54, 1.807) is 25.1 Å². The quantitative estimate of drug-likeness (QED) is 0.645. The maximum Gasteiger partial charge on any atom is 0.337 e. The molecule has 5 N–H and O–H groups in total. The molecule has 132 valence electrons. The topological polar surface area (TPSA) is 137 Å². The van der Waals surface area contributed by atoms with E-state index in [2.05, 4.69) is 15.0 Å². The molecule has 1 unspecified atom stereocenters. The number of rotatable bonds is 6. The fraction of sp³-hybridized carbons (Fsp3) is 0.250. The molecule has 0 saturated heterocycles. The SMILES string of the molecule is COC(=O)c1cccc(C(N)C(=O)NCc2nc(C)c(C(N)=O)s2)c1. The smallest absolute Gasteiger partial charge is 0.337 e. The van der Waals surface area contributed by atoms with Crippen molar-refractivity contribution in [2.45, 2.75) is 19.5 Å². The van der Waals surface area contributed by atoms with Crippen molar-refractivity contribution in [1.82, 2.24) is 10.3 Å². The average Bonchev–Trinajstić information content (AvgIpc) is 2.99. The van der Waals surface area contributed by atoms with E-state index in [0.29, 0.717) is 26.7 Å². The van der Waals surface area contributed by atoms with E-state index < -0.39 is 23.8 Å². The van der Waals surface area contributed by atoms with Crippen molar-refractivity contribution < 1.29 is 19.1 Å². The Labute approximate surface area is 148 Å². The van der Waals surface area contributed by atoms with Gasteiger partial charge in [0.25, 0.3) is 5.91 Å². The maximum absolute atomic E-state index is 12.2. The monoisotopic (exact) mass is 362 g/mol. The van der Waals surface area contributed by atoms with Gasteiger partial charge in [0.1, 0.15) is 15.9 Å². The molecule has 2 rings (SSSR count). The normalized spacial score (nSPS) is 11.6. The molecule has 8 nitrogen and oxygen atoms in total. The summed E-state index contributed by atoms with van der Waals surface area (Å²) < 4.78 is 4.64. The number of nitrogens with zero attached hydrogens (tertiary/aromatic N) is 1. The summed E-state index contributed by atoms with van der Waals surface area (Å²) >= 11 is 1.12. The fourth-order valence-electron chi connectivity index (χ4n) is 2.16. The zero-order valence-electron chi connectivity index (χ0n) is 13.7. The number of amides is 2. The molecule has 0 fully saturated rings. The van der Waals surface area contributed by atoms with Gasteiger partial charge in [0.15, 0.2) is 0 Å². The van der Waals surface area contributed by atoms with Crippen LogP contribution in [0.25, 0.3) is 0 Å². The summed E-state index contributed by atoms with van der Waals surface area (Å²) in [5, 5.41) is 3.21. The lowest BCUT2D eigenvalue weighted by Crippen LogP contribution is -2.33. The highest BCUT2D eigenvalue weighted by atomic mass is 32.1. The number of primary amides is 1. The highest BCUT2D eigenvalue weighted by molar-refractivity contribution is 7.13. The summed E-state index contributed by atoms with van der Waals surface area (Å²) in [5.41, 5.74) is 12.5. The van der Waals surface area contributed by atoms with Gasteiger partial charge in [-0.2, -0.15) is 0 Å². The number of carbonyl (C=O) groups excluding carboxylic acids is 3. The van der Waals surface area contributed by atoms with Crippen LogP contribution in [0.5, 0.6) is 0 Å². The van der Waals surface area contributed by atoms with E-state index in [1.807, 2.05) is 0 Å². The van der Waals surface area contributed by atoms with E-state index in [0.717, 1.165) is 11.3 Å². The number of benzene rings is 1.